The minimum absolute atomic E-state index is 0.0136. The fourth-order valence-electron chi connectivity index (χ4n) is 8.27. The predicted molar refractivity (Wildman–Crippen MR) is 98.8 cm³/mol. The molecule has 7 aliphatic carbocycles. The number of hydrogen-bond acceptors (Lipinski definition) is 2. The Hall–Kier alpha value is -0.530. The molecular weight excluding hydrogens is 308 g/mol. The van der Waals surface area contributed by atoms with Crippen molar-refractivity contribution < 1.29 is 9.53 Å². The van der Waals surface area contributed by atoms with Crippen molar-refractivity contribution in [3.8, 4) is 0 Å². The first-order valence-electron chi connectivity index (χ1n) is 10.9. The number of rotatable bonds is 4. The van der Waals surface area contributed by atoms with Gasteiger partial charge in [-0.2, -0.15) is 0 Å². The Morgan fingerprint density at radius 2 is 1.32 bits per heavy atom. The molecule has 8 bridgehead atoms. The van der Waals surface area contributed by atoms with Gasteiger partial charge in [-0.15, -0.1) is 0 Å². The van der Waals surface area contributed by atoms with Crippen LogP contribution in [0.2, 0.25) is 0 Å². The van der Waals surface area contributed by atoms with Crippen LogP contribution in [0.5, 0.6) is 0 Å². The van der Waals surface area contributed by atoms with Crippen molar-refractivity contribution in [3.63, 3.8) is 0 Å². The summed E-state index contributed by atoms with van der Waals surface area (Å²) in [4.78, 5) is 12.9. The number of esters is 1. The summed E-state index contributed by atoms with van der Waals surface area (Å²) < 4.78 is 6.31. The molecule has 7 saturated carbocycles. The van der Waals surface area contributed by atoms with E-state index in [-0.39, 0.29) is 22.4 Å². The van der Waals surface area contributed by atoms with Crippen LogP contribution in [0.3, 0.4) is 0 Å². The van der Waals surface area contributed by atoms with E-state index in [0.717, 1.165) is 47.8 Å². The first-order chi connectivity index (χ1) is 11.7. The van der Waals surface area contributed by atoms with Gasteiger partial charge in [0.05, 0.1) is 5.41 Å². The lowest BCUT2D eigenvalue weighted by Crippen LogP contribution is -2.69. The lowest BCUT2D eigenvalue weighted by molar-refractivity contribution is -0.274. The summed E-state index contributed by atoms with van der Waals surface area (Å²) in [6.45, 7) is 10.6. The molecule has 0 radical (unpaired) electrons. The number of carbonyl (C=O) groups is 1. The zero-order chi connectivity index (χ0) is 17.8. The molecule has 0 amide bonds. The van der Waals surface area contributed by atoms with Crippen molar-refractivity contribution in [1.82, 2.24) is 0 Å². The lowest BCUT2D eigenvalue weighted by Gasteiger charge is -2.74. The quantitative estimate of drug-likeness (QED) is 0.634. The van der Waals surface area contributed by atoms with Crippen molar-refractivity contribution in [2.75, 3.05) is 0 Å². The molecule has 7 fully saturated rings. The topological polar surface area (TPSA) is 26.3 Å². The SMILES string of the molecule is CCC(C)(C)C(=O)OC(C)(C)C12CC3C4CC5CC3C(C1)C(C5)C4C2. The third-order valence-electron chi connectivity index (χ3n) is 10.1. The number of carbonyl (C=O) groups excluding carboxylic acids is 1. The average molecular weight is 345 g/mol. The maximum atomic E-state index is 12.9. The molecule has 25 heavy (non-hydrogen) atoms. The Bertz CT molecular complexity index is 541. The first-order valence-corrected chi connectivity index (χ1v) is 10.9. The van der Waals surface area contributed by atoms with Crippen LogP contribution >= 0.6 is 0 Å². The van der Waals surface area contributed by atoms with E-state index >= 15 is 0 Å². The van der Waals surface area contributed by atoms with Crippen LogP contribution in [0.15, 0.2) is 0 Å². The highest BCUT2D eigenvalue weighted by molar-refractivity contribution is 5.76. The largest absolute Gasteiger partial charge is 0.459 e. The molecule has 0 atom stereocenters. The molecule has 0 unspecified atom stereocenters. The summed E-state index contributed by atoms with van der Waals surface area (Å²) in [6.07, 6.45) is 9.41. The summed E-state index contributed by atoms with van der Waals surface area (Å²) >= 11 is 0. The molecule has 7 aliphatic rings. The van der Waals surface area contributed by atoms with Crippen molar-refractivity contribution in [1.29, 1.82) is 0 Å². The van der Waals surface area contributed by atoms with E-state index in [0.29, 0.717) is 0 Å². The van der Waals surface area contributed by atoms with Gasteiger partial charge in [-0.1, -0.05) is 6.92 Å². The van der Waals surface area contributed by atoms with E-state index in [4.69, 9.17) is 4.74 Å². The lowest BCUT2D eigenvalue weighted by atomic mass is 9.31. The van der Waals surface area contributed by atoms with Gasteiger partial charge in [0.25, 0.3) is 0 Å². The molecule has 0 aromatic carbocycles. The second-order valence-corrected chi connectivity index (χ2v) is 11.6. The first kappa shape index (κ1) is 16.6. The predicted octanol–water partition coefficient (Wildman–Crippen LogP) is 5.45. The molecule has 0 aromatic heterocycles. The van der Waals surface area contributed by atoms with Gasteiger partial charge in [-0.3, -0.25) is 4.79 Å². The monoisotopic (exact) mass is 344 g/mol. The van der Waals surface area contributed by atoms with E-state index in [1.165, 1.54) is 38.5 Å². The Morgan fingerprint density at radius 1 is 0.880 bits per heavy atom. The number of ether oxygens (including phenoxy) is 1. The van der Waals surface area contributed by atoms with E-state index in [2.05, 4.69) is 20.8 Å². The van der Waals surface area contributed by atoms with Gasteiger partial charge < -0.3 is 4.74 Å². The van der Waals surface area contributed by atoms with Crippen molar-refractivity contribution in [2.45, 2.75) is 85.2 Å². The minimum Gasteiger partial charge on any atom is -0.459 e. The maximum absolute atomic E-state index is 12.9. The van der Waals surface area contributed by atoms with Gasteiger partial charge in [0.2, 0.25) is 0 Å². The third-order valence-corrected chi connectivity index (χ3v) is 10.1. The summed E-state index contributed by atoms with van der Waals surface area (Å²) in [6, 6.07) is 0. The standard InChI is InChI=1S/C23H36O2/c1-6-21(2,3)20(24)25-22(4,5)23-10-17-14-7-13-8-15(17)19(12-23)16(9-13)18(14)11-23/h13-19H,6-12H2,1-5H3. The second kappa shape index (κ2) is 4.84. The van der Waals surface area contributed by atoms with Gasteiger partial charge in [-0.05, 0) is 114 Å². The summed E-state index contributed by atoms with van der Waals surface area (Å²) in [5.41, 5.74) is -0.429. The smallest absolute Gasteiger partial charge is 0.312 e. The zero-order valence-electron chi connectivity index (χ0n) is 16.8. The Balaban J connectivity index is 1.44. The molecule has 2 nitrogen and oxygen atoms in total. The van der Waals surface area contributed by atoms with Crippen LogP contribution < -0.4 is 0 Å². The van der Waals surface area contributed by atoms with Gasteiger partial charge in [-0.25, -0.2) is 0 Å². The van der Waals surface area contributed by atoms with Gasteiger partial charge >= 0.3 is 5.97 Å². The number of hydrogen-bond donors (Lipinski definition) is 0. The summed E-state index contributed by atoms with van der Waals surface area (Å²) in [7, 11) is 0. The van der Waals surface area contributed by atoms with Crippen LogP contribution in [0.1, 0.15) is 79.6 Å². The highest BCUT2D eigenvalue weighted by atomic mass is 16.6. The normalized spacial score (nSPS) is 49.7. The summed E-state index contributed by atoms with van der Waals surface area (Å²) in [5, 5.41) is 0. The molecule has 2 heteroatoms. The molecule has 0 N–H and O–H groups in total. The van der Waals surface area contributed by atoms with Gasteiger partial charge in [0.15, 0.2) is 0 Å². The van der Waals surface area contributed by atoms with Gasteiger partial charge in [0.1, 0.15) is 5.60 Å². The van der Waals surface area contributed by atoms with Crippen molar-refractivity contribution in [2.24, 2.45) is 52.3 Å². The second-order valence-electron chi connectivity index (χ2n) is 11.6. The molecule has 0 spiro atoms. The average Bonchev–Trinajstić information content (AvgIpc) is 2.58. The molecular formula is C23H36O2. The van der Waals surface area contributed by atoms with Gasteiger partial charge in [0, 0.05) is 5.41 Å². The zero-order valence-corrected chi connectivity index (χ0v) is 16.8. The highest BCUT2D eigenvalue weighted by Crippen LogP contribution is 2.76. The molecule has 0 aromatic rings. The Morgan fingerprint density at radius 3 is 1.72 bits per heavy atom. The summed E-state index contributed by atoms with van der Waals surface area (Å²) in [5.74, 6) is 6.97. The molecule has 7 rings (SSSR count). The molecule has 0 heterocycles. The van der Waals surface area contributed by atoms with Crippen LogP contribution in [-0.2, 0) is 9.53 Å². The molecule has 140 valence electrons. The fourth-order valence-corrected chi connectivity index (χ4v) is 8.27. The van der Waals surface area contributed by atoms with E-state index in [9.17, 15) is 4.79 Å². The Labute approximate surface area is 153 Å². The van der Waals surface area contributed by atoms with Crippen molar-refractivity contribution in [3.05, 3.63) is 0 Å². The maximum Gasteiger partial charge on any atom is 0.312 e. The minimum atomic E-state index is -0.364. The van der Waals surface area contributed by atoms with Crippen LogP contribution in [0.25, 0.3) is 0 Å². The van der Waals surface area contributed by atoms with Crippen LogP contribution in [0.4, 0.5) is 0 Å². The van der Waals surface area contributed by atoms with Crippen molar-refractivity contribution >= 4 is 5.97 Å². The third kappa shape index (κ3) is 2.00. The van der Waals surface area contributed by atoms with Crippen LogP contribution in [0, 0.1) is 52.3 Å². The van der Waals surface area contributed by atoms with E-state index in [1.54, 1.807) is 0 Å². The molecule has 0 aliphatic heterocycles. The highest BCUT2D eigenvalue weighted by Gasteiger charge is 2.70. The fraction of sp³-hybridized carbons (Fsp3) is 0.957. The van der Waals surface area contributed by atoms with E-state index in [1.807, 2.05) is 13.8 Å². The van der Waals surface area contributed by atoms with E-state index < -0.39 is 0 Å². The molecule has 0 saturated heterocycles. The Kier molecular flexibility index (Phi) is 3.22. The van der Waals surface area contributed by atoms with Crippen LogP contribution in [-0.4, -0.2) is 11.6 Å².